The summed E-state index contributed by atoms with van der Waals surface area (Å²) in [5.74, 6) is 0. The fourth-order valence-corrected chi connectivity index (χ4v) is 1.29. The van der Waals surface area contributed by atoms with Gasteiger partial charge >= 0.3 is 10.1 Å². The molecule has 1 aromatic heterocycles. The Bertz CT molecular complexity index is 407. The highest BCUT2D eigenvalue weighted by Crippen LogP contribution is 2.02. The van der Waals surface area contributed by atoms with E-state index in [0.29, 0.717) is 0 Å². The molecule has 0 bridgehead atoms. The third-order valence-electron chi connectivity index (χ3n) is 1.74. The summed E-state index contributed by atoms with van der Waals surface area (Å²) in [6.45, 7) is 4.90. The Morgan fingerprint density at radius 3 is 2.69 bits per heavy atom. The molecule has 1 N–H and O–H groups in total. The fourth-order valence-electron chi connectivity index (χ4n) is 0.862. The van der Waals surface area contributed by atoms with E-state index >= 15 is 0 Å². The van der Waals surface area contributed by atoms with Crippen LogP contribution in [-0.4, -0.2) is 17.5 Å². The molecule has 0 spiro atoms. The number of hydrogen-bond acceptors (Lipinski definition) is 2. The summed E-state index contributed by atoms with van der Waals surface area (Å²) in [4.78, 5) is 0. The molecule has 72 valence electrons. The van der Waals surface area contributed by atoms with E-state index in [-0.39, 0.29) is 0 Å². The molecule has 1 rings (SSSR count). The molecule has 0 saturated carbocycles. The van der Waals surface area contributed by atoms with E-state index in [1.807, 2.05) is 0 Å². The van der Waals surface area contributed by atoms with Crippen molar-refractivity contribution in [3.05, 3.63) is 25.3 Å². The second kappa shape index (κ2) is 3.31. The predicted molar refractivity (Wildman–Crippen MR) is 47.3 cm³/mol. The molecule has 1 unspecified atom stereocenters. The van der Waals surface area contributed by atoms with Crippen molar-refractivity contribution in [1.29, 1.82) is 0 Å². The highest BCUT2D eigenvalue weighted by molar-refractivity contribution is 7.85. The van der Waals surface area contributed by atoms with Gasteiger partial charge in [-0.05, 0) is 6.92 Å². The van der Waals surface area contributed by atoms with Crippen molar-refractivity contribution in [3.63, 3.8) is 0 Å². The maximum atomic E-state index is 10.7. The smallest absolute Gasteiger partial charge is 0.282 e. The number of rotatable bonds is 3. The maximum Gasteiger partial charge on any atom is 0.307 e. The molecule has 0 aliphatic carbocycles. The number of nitrogens with zero attached hydrogens (tertiary/aromatic N) is 2. The van der Waals surface area contributed by atoms with Gasteiger partial charge in [0.05, 0.1) is 6.20 Å². The van der Waals surface area contributed by atoms with Crippen LogP contribution in [0.1, 0.15) is 12.3 Å². The van der Waals surface area contributed by atoms with Gasteiger partial charge in [-0.2, -0.15) is 8.42 Å². The van der Waals surface area contributed by atoms with Crippen LogP contribution < -0.4 is 4.57 Å². The fraction of sp³-hybridized carbons (Fsp3) is 0.286. The van der Waals surface area contributed by atoms with Gasteiger partial charge in [0.25, 0.3) is 0 Å². The highest BCUT2D eigenvalue weighted by Gasteiger charge is 2.23. The second-order valence-corrected chi connectivity index (χ2v) is 4.32. The Balaban J connectivity index is 3.02. The maximum absolute atomic E-state index is 10.7. The molecule has 13 heavy (non-hydrogen) atoms. The average molecular weight is 203 g/mol. The first-order valence-electron chi connectivity index (χ1n) is 3.62. The van der Waals surface area contributed by atoms with Crippen molar-refractivity contribution >= 4 is 16.3 Å². The SMILES string of the molecule is C=Cn1cc[n+](C(C)S(=O)(=O)O)c1. The minimum absolute atomic E-state index is 0.978. The molecular weight excluding hydrogens is 192 g/mol. The van der Waals surface area contributed by atoms with E-state index in [9.17, 15) is 8.42 Å². The van der Waals surface area contributed by atoms with Crippen LogP contribution in [0.5, 0.6) is 0 Å². The molecule has 0 aromatic carbocycles. The van der Waals surface area contributed by atoms with Gasteiger partial charge in [-0.1, -0.05) is 6.58 Å². The van der Waals surface area contributed by atoms with Crippen molar-refractivity contribution in [2.24, 2.45) is 0 Å². The van der Waals surface area contributed by atoms with Crippen molar-refractivity contribution in [2.75, 3.05) is 0 Å². The minimum Gasteiger partial charge on any atom is -0.282 e. The Morgan fingerprint density at radius 2 is 2.31 bits per heavy atom. The highest BCUT2D eigenvalue weighted by atomic mass is 32.2. The summed E-state index contributed by atoms with van der Waals surface area (Å²) in [5.41, 5.74) is 0. The van der Waals surface area contributed by atoms with Crippen LogP contribution in [0.4, 0.5) is 0 Å². The molecule has 1 heterocycles. The molecule has 0 fully saturated rings. The van der Waals surface area contributed by atoms with Gasteiger partial charge < -0.3 is 0 Å². The third-order valence-corrected chi connectivity index (χ3v) is 2.84. The molecule has 1 atom stereocenters. The number of aromatic nitrogens is 2. The summed E-state index contributed by atoms with van der Waals surface area (Å²) in [7, 11) is -4.04. The Labute approximate surface area is 76.7 Å². The third kappa shape index (κ3) is 2.16. The largest absolute Gasteiger partial charge is 0.307 e. The van der Waals surface area contributed by atoms with Gasteiger partial charge in [0.15, 0.2) is 0 Å². The lowest BCUT2D eigenvalue weighted by Gasteiger charge is -2.02. The molecule has 6 heteroatoms. The van der Waals surface area contributed by atoms with Crippen LogP contribution in [-0.2, 0) is 10.1 Å². The molecule has 0 radical (unpaired) electrons. The monoisotopic (exact) mass is 203 g/mol. The van der Waals surface area contributed by atoms with Crippen molar-refractivity contribution in [2.45, 2.75) is 12.3 Å². The normalized spacial score (nSPS) is 14.0. The second-order valence-electron chi connectivity index (χ2n) is 2.60. The first-order chi connectivity index (χ1) is 5.95. The molecule has 0 saturated heterocycles. The first-order valence-corrected chi connectivity index (χ1v) is 5.12. The average Bonchev–Trinajstić information content (AvgIpc) is 2.48. The lowest BCUT2D eigenvalue weighted by atomic mass is 10.7. The molecule has 1 aromatic rings. The Kier molecular flexibility index (Phi) is 2.53. The number of imidazole rings is 1. The molecule has 0 aliphatic heterocycles. The molecule has 0 aliphatic rings. The van der Waals surface area contributed by atoms with Crippen molar-refractivity contribution in [3.8, 4) is 0 Å². The predicted octanol–water partition coefficient (Wildman–Crippen LogP) is 0.282. The van der Waals surface area contributed by atoms with Crippen LogP contribution in [0.3, 0.4) is 0 Å². The van der Waals surface area contributed by atoms with Gasteiger partial charge in [-0.3, -0.25) is 4.55 Å². The van der Waals surface area contributed by atoms with E-state index < -0.39 is 15.5 Å². The standard InChI is InChI=1S/C7H10N2O3S/c1-3-8-4-5-9(6-8)7(2)13(10,11)12/h3-7H,1H2,2H3/p+1. The van der Waals surface area contributed by atoms with Gasteiger partial charge in [-0.25, -0.2) is 9.13 Å². The Hall–Kier alpha value is -1.14. The van der Waals surface area contributed by atoms with E-state index in [2.05, 4.69) is 6.58 Å². The van der Waals surface area contributed by atoms with E-state index in [1.54, 1.807) is 17.0 Å². The van der Waals surface area contributed by atoms with Gasteiger partial charge in [-0.15, -0.1) is 0 Å². The van der Waals surface area contributed by atoms with Crippen LogP contribution in [0, 0.1) is 0 Å². The lowest BCUT2D eigenvalue weighted by Crippen LogP contribution is -2.40. The summed E-state index contributed by atoms with van der Waals surface area (Å²) in [5, 5.41) is -0.978. The first kappa shape index (κ1) is 9.94. The minimum atomic E-state index is -4.04. The van der Waals surface area contributed by atoms with E-state index in [1.165, 1.54) is 24.0 Å². The molecular formula is C7H11N2O3S+. The summed E-state index contributed by atoms with van der Waals surface area (Å²) in [6.07, 6.45) is 6.22. The van der Waals surface area contributed by atoms with Crippen LogP contribution in [0.25, 0.3) is 6.20 Å². The van der Waals surface area contributed by atoms with Crippen molar-refractivity contribution < 1.29 is 17.5 Å². The van der Waals surface area contributed by atoms with Gasteiger partial charge in [0.2, 0.25) is 11.7 Å². The molecule has 5 nitrogen and oxygen atoms in total. The van der Waals surface area contributed by atoms with Gasteiger partial charge in [0.1, 0.15) is 12.4 Å². The van der Waals surface area contributed by atoms with E-state index in [0.717, 1.165) is 0 Å². The zero-order valence-electron chi connectivity index (χ0n) is 7.16. The molecule has 0 amide bonds. The quantitative estimate of drug-likeness (QED) is 0.567. The van der Waals surface area contributed by atoms with Crippen LogP contribution in [0.15, 0.2) is 25.3 Å². The summed E-state index contributed by atoms with van der Waals surface area (Å²) in [6, 6.07) is 0. The topological polar surface area (TPSA) is 63.2 Å². The van der Waals surface area contributed by atoms with Crippen LogP contribution >= 0.6 is 0 Å². The van der Waals surface area contributed by atoms with Gasteiger partial charge in [0, 0.05) is 0 Å². The summed E-state index contributed by atoms with van der Waals surface area (Å²) < 4.78 is 33.2. The summed E-state index contributed by atoms with van der Waals surface area (Å²) >= 11 is 0. The zero-order valence-corrected chi connectivity index (χ0v) is 7.98. The van der Waals surface area contributed by atoms with Crippen LogP contribution in [0.2, 0.25) is 0 Å². The zero-order chi connectivity index (χ0) is 10.1. The van der Waals surface area contributed by atoms with Crippen molar-refractivity contribution in [1.82, 2.24) is 4.57 Å². The number of hydrogen-bond donors (Lipinski definition) is 1. The lowest BCUT2D eigenvalue weighted by molar-refractivity contribution is -0.698. The van der Waals surface area contributed by atoms with E-state index in [4.69, 9.17) is 4.55 Å². The Morgan fingerprint density at radius 1 is 1.69 bits per heavy atom.